The highest BCUT2D eigenvalue weighted by Crippen LogP contribution is 2.38. The lowest BCUT2D eigenvalue weighted by atomic mass is 9.78. The Kier molecular flexibility index (Phi) is 15.6. The number of cyclic esters (lactones) is 1. The molecule has 14 heteroatoms. The fraction of sp³-hybridized carbons (Fsp3) is 0.667. The van der Waals surface area contributed by atoms with Gasteiger partial charge in [-0.2, -0.15) is 0 Å². The second-order valence-corrected chi connectivity index (χ2v) is 16.9. The molecule has 5 N–H and O–H groups in total. The Morgan fingerprint density at radius 1 is 1.00 bits per heavy atom. The third kappa shape index (κ3) is 10.5. The van der Waals surface area contributed by atoms with Gasteiger partial charge in [0.15, 0.2) is 12.4 Å². The molecule has 0 radical (unpaired) electrons. The van der Waals surface area contributed by atoms with E-state index in [-0.39, 0.29) is 24.8 Å². The van der Waals surface area contributed by atoms with Gasteiger partial charge in [-0.25, -0.2) is 4.79 Å². The van der Waals surface area contributed by atoms with Crippen LogP contribution in [0.3, 0.4) is 0 Å². The van der Waals surface area contributed by atoms with Crippen LogP contribution in [0.4, 0.5) is 10.5 Å². The Hall–Kier alpha value is -3.01. The third-order valence-corrected chi connectivity index (χ3v) is 11.9. The number of ether oxygens (including phenoxy) is 4. The molecule has 0 saturated carbocycles. The number of nitrogens with one attached hydrogen (secondary N) is 1. The van der Waals surface area contributed by atoms with Crippen LogP contribution >= 0.6 is 11.6 Å². The number of esters is 1. The second-order valence-electron chi connectivity index (χ2n) is 16.5. The van der Waals surface area contributed by atoms with Crippen molar-refractivity contribution in [3.63, 3.8) is 0 Å². The van der Waals surface area contributed by atoms with Gasteiger partial charge < -0.3 is 49.6 Å². The topological polar surface area (TPSA) is 170 Å². The minimum atomic E-state index is -1.81. The van der Waals surface area contributed by atoms with E-state index in [9.17, 15) is 30.0 Å². The molecule has 0 spiro atoms. The van der Waals surface area contributed by atoms with Crippen LogP contribution < -0.4 is 15.0 Å². The summed E-state index contributed by atoms with van der Waals surface area (Å²) in [6.45, 7) is 13.9. The molecule has 13 nitrogen and oxygen atoms in total. The van der Waals surface area contributed by atoms with Gasteiger partial charge in [0.25, 0.3) is 0 Å². The number of rotatable bonds is 7. The number of hydrogen-bond donors (Lipinski definition) is 5. The van der Waals surface area contributed by atoms with Crippen molar-refractivity contribution in [2.45, 2.75) is 141 Å². The number of carbonyl (C=O) groups is 2. The number of halogens is 1. The van der Waals surface area contributed by atoms with Crippen LogP contribution in [-0.4, -0.2) is 124 Å². The molecule has 14 atom stereocenters. The number of carbonyl (C=O) groups excluding carboxylic acids is 2. The Morgan fingerprint density at radius 2 is 1.62 bits per heavy atom. The SMILES string of the molecule is CC[C@H]1OC(=O)[C@H](C)[C@@H](O)[C@H](C)[C@@H](O[C@@H]2O[C@H](C)C[C@H](N(C)C(=O)N(C)c3ccccc3)[C@H]2Oc2ccccc2Cl)[C@](C)(O)C[C@@H](C)CN[C@H](C)[C@@H](O)[C@]1(C)O. The summed E-state index contributed by atoms with van der Waals surface area (Å²) in [5.74, 6) is -2.67. The summed E-state index contributed by atoms with van der Waals surface area (Å²) in [5, 5.41) is 50.5. The van der Waals surface area contributed by atoms with Crippen molar-refractivity contribution >= 4 is 29.3 Å². The van der Waals surface area contributed by atoms with Crippen LogP contribution in [0.15, 0.2) is 54.6 Å². The Labute approximate surface area is 337 Å². The third-order valence-electron chi connectivity index (χ3n) is 11.6. The number of amides is 2. The van der Waals surface area contributed by atoms with Gasteiger partial charge in [-0.05, 0) is 90.6 Å². The largest absolute Gasteiger partial charge is 0.481 e. The maximum absolute atomic E-state index is 14.1. The first kappa shape index (κ1) is 45.7. The molecule has 2 heterocycles. The smallest absolute Gasteiger partial charge is 0.324 e. The number of urea groups is 1. The molecule has 4 rings (SSSR count). The maximum Gasteiger partial charge on any atom is 0.324 e. The molecule has 2 fully saturated rings. The zero-order chi connectivity index (χ0) is 41.7. The Bertz CT molecular complexity index is 1580. The zero-order valence-electron chi connectivity index (χ0n) is 34.5. The molecule has 0 aromatic heterocycles. The van der Waals surface area contributed by atoms with Crippen LogP contribution in [0.1, 0.15) is 74.7 Å². The summed E-state index contributed by atoms with van der Waals surface area (Å²) in [6, 6.07) is 14.7. The summed E-state index contributed by atoms with van der Waals surface area (Å²) in [7, 11) is 3.39. The normalized spacial score (nSPS) is 37.7. The quantitative estimate of drug-likeness (QED) is 0.239. The summed E-state index contributed by atoms with van der Waals surface area (Å²) in [5.41, 5.74) is -2.74. The van der Waals surface area contributed by atoms with E-state index in [2.05, 4.69) is 5.32 Å². The van der Waals surface area contributed by atoms with Crippen LogP contribution in [0.5, 0.6) is 5.75 Å². The average molecular weight is 806 g/mol. The molecule has 2 amide bonds. The van der Waals surface area contributed by atoms with Gasteiger partial charge in [0.1, 0.15) is 23.6 Å². The fourth-order valence-corrected chi connectivity index (χ4v) is 8.36. The van der Waals surface area contributed by atoms with E-state index < -0.39 is 84.0 Å². The van der Waals surface area contributed by atoms with Crippen molar-refractivity contribution in [3.05, 3.63) is 59.6 Å². The number of aliphatic hydroxyl groups is 4. The van der Waals surface area contributed by atoms with Crippen molar-refractivity contribution in [1.29, 1.82) is 0 Å². The van der Waals surface area contributed by atoms with E-state index in [0.29, 0.717) is 29.4 Å². The minimum absolute atomic E-state index is 0.166. The highest BCUT2D eigenvalue weighted by molar-refractivity contribution is 6.32. The predicted octanol–water partition coefficient (Wildman–Crippen LogP) is 5.00. The molecule has 2 aromatic rings. The number of aliphatic hydroxyl groups excluding tert-OH is 2. The number of benzene rings is 2. The van der Waals surface area contributed by atoms with E-state index in [1.165, 1.54) is 13.8 Å². The van der Waals surface area contributed by atoms with Crippen LogP contribution in [-0.2, 0) is 19.0 Å². The summed E-state index contributed by atoms with van der Waals surface area (Å²) >= 11 is 6.61. The van der Waals surface area contributed by atoms with Crippen LogP contribution in [0.2, 0.25) is 5.02 Å². The van der Waals surface area contributed by atoms with E-state index in [4.69, 9.17) is 30.5 Å². The van der Waals surface area contributed by atoms with E-state index in [1.54, 1.807) is 75.9 Å². The van der Waals surface area contributed by atoms with Gasteiger partial charge in [-0.3, -0.25) is 9.69 Å². The van der Waals surface area contributed by atoms with Crippen molar-refractivity contribution in [2.75, 3.05) is 25.5 Å². The van der Waals surface area contributed by atoms with Gasteiger partial charge in [-0.1, -0.05) is 62.7 Å². The number of hydrogen-bond acceptors (Lipinski definition) is 11. The standard InChI is InChI=1S/C42H64ClN3O10/c1-11-33-42(8,52)36(48)28(6)44-23-24(2)22-41(7,51)37(26(4)34(47)27(5)38(49)55-33)56-39-35(54-32-20-16-15-19-30(32)43)31(21-25(3)53-39)46(10)40(50)45(9)29-17-13-12-14-18-29/h12-20,24-28,31,33-37,39,44,47-48,51-52H,11,21-23H2,1-10H3/t24-,25-,26+,27-,28-,31+,33-,34+,35-,36-,37-,39+,41-,42-/m1/s1. The molecule has 0 aliphatic carbocycles. The zero-order valence-corrected chi connectivity index (χ0v) is 35.2. The lowest BCUT2D eigenvalue weighted by Gasteiger charge is -2.48. The molecule has 314 valence electrons. The van der Waals surface area contributed by atoms with Crippen molar-refractivity contribution < 1.29 is 49.0 Å². The second kappa shape index (κ2) is 19.2. The number of anilines is 1. The van der Waals surface area contributed by atoms with Gasteiger partial charge in [0.2, 0.25) is 0 Å². The summed E-state index contributed by atoms with van der Waals surface area (Å²) in [6.07, 6.45) is -6.80. The van der Waals surface area contributed by atoms with Gasteiger partial charge >= 0.3 is 12.0 Å². The van der Waals surface area contributed by atoms with Crippen molar-refractivity contribution in [2.24, 2.45) is 17.8 Å². The monoisotopic (exact) mass is 805 g/mol. The predicted molar refractivity (Wildman–Crippen MR) is 214 cm³/mol. The lowest BCUT2D eigenvalue weighted by Crippen LogP contribution is -2.62. The highest BCUT2D eigenvalue weighted by atomic mass is 35.5. The lowest BCUT2D eigenvalue weighted by molar-refractivity contribution is -0.293. The van der Waals surface area contributed by atoms with Gasteiger partial charge in [0, 0.05) is 31.7 Å². The van der Waals surface area contributed by atoms with E-state index >= 15 is 0 Å². The molecule has 2 aliphatic heterocycles. The van der Waals surface area contributed by atoms with E-state index in [0.717, 1.165) is 0 Å². The minimum Gasteiger partial charge on any atom is -0.481 e. The van der Waals surface area contributed by atoms with E-state index in [1.807, 2.05) is 44.2 Å². The van der Waals surface area contributed by atoms with Crippen LogP contribution in [0.25, 0.3) is 0 Å². The molecule has 0 bridgehead atoms. The molecule has 56 heavy (non-hydrogen) atoms. The highest BCUT2D eigenvalue weighted by Gasteiger charge is 2.51. The first-order valence-corrected chi connectivity index (χ1v) is 20.1. The Morgan fingerprint density at radius 3 is 2.25 bits per heavy atom. The molecular weight excluding hydrogens is 742 g/mol. The average Bonchev–Trinajstić information content (AvgIpc) is 3.16. The molecule has 0 unspecified atom stereocenters. The Balaban J connectivity index is 1.76. The molecule has 2 aromatic carbocycles. The first-order chi connectivity index (χ1) is 26.2. The first-order valence-electron chi connectivity index (χ1n) is 19.7. The maximum atomic E-state index is 14.1. The summed E-state index contributed by atoms with van der Waals surface area (Å²) < 4.78 is 25.7. The van der Waals surface area contributed by atoms with Gasteiger partial charge in [0.05, 0.1) is 40.9 Å². The van der Waals surface area contributed by atoms with Crippen molar-refractivity contribution in [3.8, 4) is 5.75 Å². The molecule has 2 saturated heterocycles. The number of likely N-dealkylation sites (N-methyl/N-ethyl adjacent to an activating group) is 1. The number of nitrogens with zero attached hydrogens (tertiary/aromatic N) is 2. The van der Waals surface area contributed by atoms with Crippen molar-refractivity contribution in [1.82, 2.24) is 10.2 Å². The van der Waals surface area contributed by atoms with Gasteiger partial charge in [-0.15, -0.1) is 0 Å². The summed E-state index contributed by atoms with van der Waals surface area (Å²) in [4.78, 5) is 30.8. The fourth-order valence-electron chi connectivity index (χ4n) is 8.17. The molecular formula is C42H64ClN3O10. The molecule has 2 aliphatic rings. The number of para-hydroxylation sites is 2. The van der Waals surface area contributed by atoms with Crippen LogP contribution in [0, 0.1) is 17.8 Å².